The van der Waals surface area contributed by atoms with Crippen molar-refractivity contribution in [3.05, 3.63) is 47.8 Å². The van der Waals surface area contributed by atoms with E-state index in [0.29, 0.717) is 43.9 Å². The van der Waals surface area contributed by atoms with Crippen molar-refractivity contribution in [3.8, 4) is 17.1 Å². The van der Waals surface area contributed by atoms with E-state index in [1.54, 1.807) is 4.90 Å². The summed E-state index contributed by atoms with van der Waals surface area (Å²) in [6, 6.07) is 9.93. The molecule has 3 aromatic rings. The number of piperazine rings is 1. The molecule has 8 heteroatoms. The van der Waals surface area contributed by atoms with Gasteiger partial charge in [-0.3, -0.25) is 4.79 Å². The molecule has 2 aromatic carbocycles. The van der Waals surface area contributed by atoms with Crippen LogP contribution in [0.5, 0.6) is 5.75 Å². The molecule has 7 nitrogen and oxygen atoms in total. The van der Waals surface area contributed by atoms with Gasteiger partial charge in [0.1, 0.15) is 23.5 Å². The van der Waals surface area contributed by atoms with Gasteiger partial charge in [-0.15, -0.1) is 0 Å². The van der Waals surface area contributed by atoms with E-state index in [-0.39, 0.29) is 30.4 Å². The Morgan fingerprint density at radius 3 is 2.55 bits per heavy atom. The van der Waals surface area contributed by atoms with E-state index in [4.69, 9.17) is 0 Å². The Morgan fingerprint density at radius 2 is 1.88 bits per heavy atom. The molecule has 0 aliphatic carbocycles. The van der Waals surface area contributed by atoms with Crippen LogP contribution in [0, 0.1) is 18.7 Å². The fraction of sp³-hybridized carbons (Fsp3) is 0.400. The lowest BCUT2D eigenvalue weighted by molar-refractivity contribution is -0.141. The van der Waals surface area contributed by atoms with Gasteiger partial charge in [0, 0.05) is 33.0 Å². The van der Waals surface area contributed by atoms with Gasteiger partial charge in [-0.1, -0.05) is 26.0 Å². The van der Waals surface area contributed by atoms with E-state index in [1.807, 2.05) is 43.9 Å². The summed E-state index contributed by atoms with van der Waals surface area (Å²) >= 11 is 0. The van der Waals surface area contributed by atoms with Gasteiger partial charge in [0.25, 0.3) is 5.91 Å². The van der Waals surface area contributed by atoms with Crippen LogP contribution in [0.25, 0.3) is 22.3 Å². The molecule has 0 spiro atoms. The summed E-state index contributed by atoms with van der Waals surface area (Å²) in [4.78, 5) is 25.5. The topological polar surface area (TPSA) is 89.8 Å². The highest BCUT2D eigenvalue weighted by Crippen LogP contribution is 2.34. The number of phenolic OH excluding ortho intramolecular Hbond substituents is 1. The summed E-state index contributed by atoms with van der Waals surface area (Å²) < 4.78 is 14.6. The number of aryl methyl sites for hydroxylation is 1. The number of carbonyl (C=O) groups excluding carboxylic acids is 1. The van der Waals surface area contributed by atoms with Gasteiger partial charge < -0.3 is 20.0 Å². The minimum absolute atomic E-state index is 0. The van der Waals surface area contributed by atoms with E-state index in [1.165, 1.54) is 18.2 Å². The van der Waals surface area contributed by atoms with Gasteiger partial charge in [-0.05, 0) is 49.1 Å². The number of carbonyl (C=O) groups is 1. The molecule has 1 fully saturated rings. The first-order valence-corrected chi connectivity index (χ1v) is 11.2. The van der Waals surface area contributed by atoms with Gasteiger partial charge in [0.15, 0.2) is 5.82 Å². The van der Waals surface area contributed by atoms with Crippen molar-refractivity contribution in [2.75, 3.05) is 31.1 Å². The van der Waals surface area contributed by atoms with Crippen LogP contribution < -0.4 is 4.90 Å². The smallest absolute Gasteiger partial charge is 0.251 e. The van der Waals surface area contributed by atoms with Gasteiger partial charge in [-0.2, -0.15) is 0 Å². The molecule has 0 saturated carbocycles. The highest BCUT2D eigenvalue weighted by atomic mass is 19.1. The third kappa shape index (κ3) is 4.75. The average Bonchev–Trinajstić information content (AvgIpc) is 2.77. The molecule has 1 aliphatic heterocycles. The fourth-order valence-electron chi connectivity index (χ4n) is 4.21. The number of amides is 1. The Bertz CT molecular complexity index is 1160. The van der Waals surface area contributed by atoms with Crippen LogP contribution in [-0.4, -0.2) is 63.3 Å². The number of aromatic hydroxyl groups is 1. The van der Waals surface area contributed by atoms with Gasteiger partial charge in [0.2, 0.25) is 0 Å². The van der Waals surface area contributed by atoms with Crippen LogP contribution in [0.3, 0.4) is 0 Å². The molecule has 33 heavy (non-hydrogen) atoms. The predicted molar refractivity (Wildman–Crippen MR) is 128 cm³/mol. The summed E-state index contributed by atoms with van der Waals surface area (Å²) in [5.41, 5.74) is 1.63. The summed E-state index contributed by atoms with van der Waals surface area (Å²) in [5, 5.41) is 21.3. The Labute approximate surface area is 194 Å². The van der Waals surface area contributed by atoms with Crippen LogP contribution >= 0.6 is 0 Å². The van der Waals surface area contributed by atoms with Crippen molar-refractivity contribution in [2.45, 2.75) is 33.3 Å². The maximum Gasteiger partial charge on any atom is 0.251 e. The normalized spacial score (nSPS) is 15.3. The zero-order valence-electron chi connectivity index (χ0n) is 19.1. The summed E-state index contributed by atoms with van der Waals surface area (Å²) in [6.07, 6.45) is -0.556. The molecule has 176 valence electrons. The summed E-state index contributed by atoms with van der Waals surface area (Å²) in [5.74, 6) is -0.0835. The second-order valence-electron chi connectivity index (χ2n) is 8.98. The first-order chi connectivity index (χ1) is 15.7. The van der Waals surface area contributed by atoms with Crippen molar-refractivity contribution in [3.63, 3.8) is 0 Å². The maximum absolute atomic E-state index is 14.6. The lowest BCUT2D eigenvalue weighted by atomic mass is 10.0. The number of aliphatic hydroxyl groups excluding tert-OH is 1. The Kier molecular flexibility index (Phi) is 6.47. The van der Waals surface area contributed by atoms with Crippen LogP contribution in [0.4, 0.5) is 10.2 Å². The molecule has 0 unspecified atom stereocenters. The number of benzene rings is 2. The fourth-order valence-corrected chi connectivity index (χ4v) is 4.21. The molecule has 2 heterocycles. The molecule has 0 radical (unpaired) electrons. The van der Waals surface area contributed by atoms with Crippen LogP contribution in [0.1, 0.15) is 27.3 Å². The molecular weight excluding hydrogens is 423 g/mol. The molecule has 0 bridgehead atoms. The number of fused-ring (bicyclic) bond motifs is 1. The van der Waals surface area contributed by atoms with Gasteiger partial charge >= 0.3 is 0 Å². The second kappa shape index (κ2) is 9.31. The zero-order chi connectivity index (χ0) is 23.7. The maximum atomic E-state index is 14.6. The predicted octanol–water partition coefficient (Wildman–Crippen LogP) is 3.75. The lowest BCUT2D eigenvalue weighted by Gasteiger charge is -2.37. The number of halogens is 1. The SMILES string of the molecule is Cc1ccc2c(N3CCN(C(=O)[C@H](O)CC(C)C)CC3)nc(-c3c(O)cccc3F)nc2c1.[HH]. The molecule has 1 amide bonds. The first kappa shape index (κ1) is 22.9. The van der Waals surface area contributed by atoms with E-state index in [2.05, 4.69) is 9.97 Å². The third-order valence-electron chi connectivity index (χ3n) is 5.92. The highest BCUT2D eigenvalue weighted by molar-refractivity contribution is 5.92. The van der Waals surface area contributed by atoms with E-state index >= 15 is 0 Å². The highest BCUT2D eigenvalue weighted by Gasteiger charge is 2.28. The number of aliphatic hydroxyl groups is 1. The quantitative estimate of drug-likeness (QED) is 0.610. The molecule has 1 saturated heterocycles. The van der Waals surface area contributed by atoms with Gasteiger partial charge in [0.05, 0.1) is 11.1 Å². The largest absolute Gasteiger partial charge is 0.507 e. The number of anilines is 1. The average molecular weight is 455 g/mol. The van der Waals surface area contributed by atoms with Gasteiger partial charge in [-0.25, -0.2) is 14.4 Å². The number of rotatable bonds is 5. The number of phenols is 1. The number of nitrogens with zero attached hydrogens (tertiary/aromatic N) is 4. The van der Waals surface area contributed by atoms with Crippen molar-refractivity contribution < 1.29 is 20.8 Å². The molecular formula is C25H31FN4O3. The zero-order valence-corrected chi connectivity index (χ0v) is 19.1. The number of aromatic nitrogens is 2. The number of hydrogen-bond donors (Lipinski definition) is 2. The Hall–Kier alpha value is -3.26. The first-order valence-electron chi connectivity index (χ1n) is 11.2. The van der Waals surface area contributed by atoms with E-state index < -0.39 is 11.9 Å². The molecule has 1 aliphatic rings. The minimum atomic E-state index is -0.991. The van der Waals surface area contributed by atoms with Crippen molar-refractivity contribution in [1.29, 1.82) is 0 Å². The lowest BCUT2D eigenvalue weighted by Crippen LogP contribution is -2.52. The van der Waals surface area contributed by atoms with Crippen molar-refractivity contribution in [2.24, 2.45) is 5.92 Å². The molecule has 4 rings (SSSR count). The molecule has 2 N–H and O–H groups in total. The molecule has 1 aromatic heterocycles. The molecule has 1 atom stereocenters. The van der Waals surface area contributed by atoms with Crippen molar-refractivity contribution in [1.82, 2.24) is 14.9 Å². The van der Waals surface area contributed by atoms with E-state index in [0.717, 1.165) is 10.9 Å². The van der Waals surface area contributed by atoms with Crippen LogP contribution in [0.2, 0.25) is 0 Å². The third-order valence-corrected chi connectivity index (χ3v) is 5.92. The summed E-state index contributed by atoms with van der Waals surface area (Å²) in [6.45, 7) is 7.83. The monoisotopic (exact) mass is 454 g/mol. The second-order valence-corrected chi connectivity index (χ2v) is 8.98. The van der Waals surface area contributed by atoms with Crippen LogP contribution in [0.15, 0.2) is 36.4 Å². The minimum Gasteiger partial charge on any atom is -0.507 e. The summed E-state index contributed by atoms with van der Waals surface area (Å²) in [7, 11) is 0. The Balaban J connectivity index is 0.00000324. The van der Waals surface area contributed by atoms with Crippen molar-refractivity contribution >= 4 is 22.6 Å². The Morgan fingerprint density at radius 1 is 1.15 bits per heavy atom. The van der Waals surface area contributed by atoms with Crippen LogP contribution in [-0.2, 0) is 4.79 Å². The standard InChI is InChI=1S/C25H29FN4O3.H2/c1-15(2)13-21(32)25(33)30-11-9-29(10-12-30)24-17-8-7-16(3)14-19(17)27-23(28-24)22-18(26)5-4-6-20(22)31;/h4-8,14-15,21,31-32H,9-13H2,1-3H3;1H/t21-;/m1./s1. The van der Waals surface area contributed by atoms with E-state index in [9.17, 15) is 19.4 Å². The number of hydrogen-bond acceptors (Lipinski definition) is 6.